The van der Waals surface area contributed by atoms with Crippen LogP contribution in [0.15, 0.2) is 36.9 Å². The van der Waals surface area contributed by atoms with Gasteiger partial charge in [-0.2, -0.15) is 0 Å². The molecule has 1 aromatic carbocycles. The first-order valence-electron chi connectivity index (χ1n) is 8.46. The molecule has 0 aliphatic carbocycles. The van der Waals surface area contributed by atoms with E-state index >= 15 is 0 Å². The van der Waals surface area contributed by atoms with E-state index in [0.717, 1.165) is 18.5 Å². The van der Waals surface area contributed by atoms with Crippen molar-refractivity contribution in [2.24, 2.45) is 0 Å². The SMILES string of the molecule is COc1cccc(CN2C[C@@H](O)[C@H](F)C2)c1OCCCn1ccnc1. The lowest BCUT2D eigenvalue weighted by Crippen LogP contribution is -2.22. The Bertz CT molecular complexity index is 656. The number of imidazole rings is 1. The third kappa shape index (κ3) is 4.49. The first-order chi connectivity index (χ1) is 12.2. The van der Waals surface area contributed by atoms with E-state index in [-0.39, 0.29) is 6.54 Å². The second-order valence-corrected chi connectivity index (χ2v) is 6.23. The molecule has 1 aromatic heterocycles. The highest BCUT2D eigenvalue weighted by Gasteiger charge is 2.31. The minimum Gasteiger partial charge on any atom is -0.493 e. The maximum Gasteiger partial charge on any atom is 0.165 e. The van der Waals surface area contributed by atoms with Crippen LogP contribution in [-0.4, -0.2) is 58.6 Å². The van der Waals surface area contributed by atoms with Gasteiger partial charge in [0.2, 0.25) is 0 Å². The Morgan fingerprint density at radius 2 is 2.24 bits per heavy atom. The van der Waals surface area contributed by atoms with E-state index in [1.807, 2.05) is 33.9 Å². The van der Waals surface area contributed by atoms with Crippen LogP contribution in [-0.2, 0) is 13.1 Å². The fourth-order valence-corrected chi connectivity index (χ4v) is 3.04. The number of hydrogen-bond acceptors (Lipinski definition) is 5. The van der Waals surface area contributed by atoms with Crippen molar-refractivity contribution in [1.29, 1.82) is 0 Å². The highest BCUT2D eigenvalue weighted by atomic mass is 19.1. The number of methoxy groups -OCH3 is 1. The smallest absolute Gasteiger partial charge is 0.165 e. The van der Waals surface area contributed by atoms with Gasteiger partial charge in [0.15, 0.2) is 11.5 Å². The van der Waals surface area contributed by atoms with Gasteiger partial charge in [0.25, 0.3) is 0 Å². The highest BCUT2D eigenvalue weighted by molar-refractivity contribution is 5.46. The normalized spacial score (nSPS) is 20.8. The summed E-state index contributed by atoms with van der Waals surface area (Å²) in [7, 11) is 1.61. The lowest BCUT2D eigenvalue weighted by atomic mass is 10.1. The van der Waals surface area contributed by atoms with Crippen LogP contribution < -0.4 is 9.47 Å². The molecule has 2 atom stereocenters. The van der Waals surface area contributed by atoms with Crippen molar-refractivity contribution in [2.75, 3.05) is 26.8 Å². The van der Waals surface area contributed by atoms with E-state index in [2.05, 4.69) is 4.98 Å². The number of aliphatic hydroxyl groups is 1. The molecule has 2 aromatic rings. The molecule has 1 N–H and O–H groups in total. The number of ether oxygens (including phenoxy) is 2. The minimum absolute atomic E-state index is 0.235. The molecule has 3 rings (SSSR count). The molecule has 136 valence electrons. The number of likely N-dealkylation sites (tertiary alicyclic amines) is 1. The van der Waals surface area contributed by atoms with E-state index in [1.54, 1.807) is 19.6 Å². The predicted molar refractivity (Wildman–Crippen MR) is 91.5 cm³/mol. The molecule has 1 saturated heterocycles. The standard InChI is InChI=1S/C18H24FN3O3/c1-24-17-5-2-4-14(10-22-11-15(19)16(23)12-22)18(17)25-9-3-7-21-8-6-20-13-21/h2,4-6,8,13,15-16,23H,3,7,9-12H2,1H3/t15-,16-/m1/s1. The Kier molecular flexibility index (Phi) is 5.88. The van der Waals surface area contributed by atoms with Crippen molar-refractivity contribution in [3.63, 3.8) is 0 Å². The molecule has 0 saturated carbocycles. The summed E-state index contributed by atoms with van der Waals surface area (Å²) in [6.45, 7) is 2.45. The van der Waals surface area contributed by atoms with Gasteiger partial charge in [-0.15, -0.1) is 0 Å². The summed E-state index contributed by atoms with van der Waals surface area (Å²) in [5.74, 6) is 1.35. The number of rotatable bonds is 8. The van der Waals surface area contributed by atoms with E-state index in [0.29, 0.717) is 31.2 Å². The minimum atomic E-state index is -1.19. The second-order valence-electron chi connectivity index (χ2n) is 6.23. The third-order valence-electron chi connectivity index (χ3n) is 4.34. The highest BCUT2D eigenvalue weighted by Crippen LogP contribution is 2.33. The van der Waals surface area contributed by atoms with Crippen LogP contribution in [0.1, 0.15) is 12.0 Å². The fourth-order valence-electron chi connectivity index (χ4n) is 3.04. The van der Waals surface area contributed by atoms with E-state index in [1.165, 1.54) is 0 Å². The average molecular weight is 349 g/mol. The summed E-state index contributed by atoms with van der Waals surface area (Å²) in [6, 6.07) is 5.70. The summed E-state index contributed by atoms with van der Waals surface area (Å²) in [6.07, 6.45) is 4.18. The maximum atomic E-state index is 13.5. The molecule has 2 heterocycles. The zero-order valence-electron chi connectivity index (χ0n) is 14.3. The first-order valence-corrected chi connectivity index (χ1v) is 8.46. The number of nitrogens with zero attached hydrogens (tertiary/aromatic N) is 3. The molecule has 1 fully saturated rings. The predicted octanol–water partition coefficient (Wildman–Crippen LogP) is 1.88. The third-order valence-corrected chi connectivity index (χ3v) is 4.34. The lowest BCUT2D eigenvalue weighted by Gasteiger charge is -2.19. The number of hydrogen-bond donors (Lipinski definition) is 1. The van der Waals surface area contributed by atoms with Crippen LogP contribution in [0.25, 0.3) is 0 Å². The van der Waals surface area contributed by atoms with Crippen LogP contribution in [0.2, 0.25) is 0 Å². The molecular formula is C18H24FN3O3. The fraction of sp³-hybridized carbons (Fsp3) is 0.500. The quantitative estimate of drug-likeness (QED) is 0.738. The van der Waals surface area contributed by atoms with Crippen LogP contribution in [0, 0.1) is 0 Å². The van der Waals surface area contributed by atoms with Gasteiger partial charge in [0.1, 0.15) is 6.17 Å². The average Bonchev–Trinajstić information content (AvgIpc) is 3.22. The van der Waals surface area contributed by atoms with Gasteiger partial charge in [-0.05, 0) is 12.5 Å². The van der Waals surface area contributed by atoms with Crippen molar-refractivity contribution in [2.45, 2.75) is 31.8 Å². The molecule has 0 unspecified atom stereocenters. The summed E-state index contributed by atoms with van der Waals surface area (Å²) in [5.41, 5.74) is 0.934. The van der Waals surface area contributed by atoms with Crippen LogP contribution in [0.4, 0.5) is 4.39 Å². The Labute approximate surface area is 146 Å². The largest absolute Gasteiger partial charge is 0.493 e. The number of aliphatic hydroxyl groups excluding tert-OH is 1. The number of alkyl halides is 1. The van der Waals surface area contributed by atoms with Gasteiger partial charge < -0.3 is 19.1 Å². The molecule has 0 bridgehead atoms. The Balaban J connectivity index is 1.62. The zero-order valence-corrected chi connectivity index (χ0v) is 14.3. The molecule has 7 heteroatoms. The van der Waals surface area contributed by atoms with Crippen LogP contribution >= 0.6 is 0 Å². The second kappa shape index (κ2) is 8.31. The Morgan fingerprint density at radius 1 is 1.36 bits per heavy atom. The van der Waals surface area contributed by atoms with Gasteiger partial charge in [-0.25, -0.2) is 9.37 Å². The molecule has 6 nitrogen and oxygen atoms in total. The van der Waals surface area contributed by atoms with Gasteiger partial charge in [0, 0.05) is 44.1 Å². The number of aromatic nitrogens is 2. The molecule has 1 aliphatic rings. The summed E-state index contributed by atoms with van der Waals surface area (Å²) in [5, 5.41) is 9.60. The van der Waals surface area contributed by atoms with Gasteiger partial charge in [-0.3, -0.25) is 4.90 Å². The summed E-state index contributed by atoms with van der Waals surface area (Å²) >= 11 is 0. The number of para-hydroxylation sites is 1. The molecule has 25 heavy (non-hydrogen) atoms. The lowest BCUT2D eigenvalue weighted by molar-refractivity contribution is 0.115. The van der Waals surface area contributed by atoms with E-state index in [9.17, 15) is 9.50 Å². The van der Waals surface area contributed by atoms with Crippen molar-refractivity contribution in [1.82, 2.24) is 14.5 Å². The molecular weight excluding hydrogens is 325 g/mol. The molecule has 1 aliphatic heterocycles. The Morgan fingerprint density at radius 3 is 2.92 bits per heavy atom. The zero-order chi connectivity index (χ0) is 17.6. The van der Waals surface area contributed by atoms with Gasteiger partial charge in [0.05, 0.1) is 26.1 Å². The van der Waals surface area contributed by atoms with Crippen molar-refractivity contribution < 1.29 is 19.0 Å². The molecule has 0 amide bonds. The maximum absolute atomic E-state index is 13.5. The number of β-amino-alcohol motifs (C(OH)–C–C–N with tert-alkyl or cyclic N) is 1. The molecule has 0 spiro atoms. The van der Waals surface area contributed by atoms with Gasteiger partial charge >= 0.3 is 0 Å². The monoisotopic (exact) mass is 349 g/mol. The summed E-state index contributed by atoms with van der Waals surface area (Å²) in [4.78, 5) is 5.91. The molecule has 0 radical (unpaired) electrons. The van der Waals surface area contributed by atoms with E-state index < -0.39 is 12.3 Å². The topological polar surface area (TPSA) is 59.8 Å². The Hall–Kier alpha value is -2.12. The van der Waals surface area contributed by atoms with E-state index in [4.69, 9.17) is 9.47 Å². The number of benzene rings is 1. The van der Waals surface area contributed by atoms with Crippen molar-refractivity contribution in [3.05, 3.63) is 42.5 Å². The van der Waals surface area contributed by atoms with Crippen LogP contribution in [0.5, 0.6) is 11.5 Å². The number of aryl methyl sites for hydroxylation is 1. The summed E-state index contributed by atoms with van der Waals surface area (Å²) < 4.78 is 26.9. The van der Waals surface area contributed by atoms with Crippen molar-refractivity contribution in [3.8, 4) is 11.5 Å². The first kappa shape index (κ1) is 17.7. The van der Waals surface area contributed by atoms with Crippen LogP contribution in [0.3, 0.4) is 0 Å². The number of halogens is 1. The van der Waals surface area contributed by atoms with Gasteiger partial charge in [-0.1, -0.05) is 12.1 Å². The van der Waals surface area contributed by atoms with Crippen molar-refractivity contribution >= 4 is 0 Å².